The van der Waals surface area contributed by atoms with Crippen LogP contribution in [-0.2, 0) is 32.2 Å². The number of thiophene rings is 1. The first-order valence-corrected chi connectivity index (χ1v) is 12.0. The van der Waals surface area contributed by atoms with Crippen molar-refractivity contribution in [3.05, 3.63) is 52.0 Å². The third kappa shape index (κ3) is 9.53. The maximum Gasteiger partial charge on any atom is 0.490 e. The van der Waals surface area contributed by atoms with Gasteiger partial charge >= 0.3 is 24.3 Å². The first-order valence-electron chi connectivity index (χ1n) is 11.1. The molecule has 2 N–H and O–H groups in total. The molecule has 1 unspecified atom stereocenters. The highest BCUT2D eigenvalue weighted by molar-refractivity contribution is 7.10. The van der Waals surface area contributed by atoms with Gasteiger partial charge < -0.3 is 19.7 Å². The number of carboxylic acids is 2. The fourth-order valence-electron chi connectivity index (χ4n) is 3.76. The van der Waals surface area contributed by atoms with Gasteiger partial charge in [-0.3, -0.25) is 9.88 Å². The number of nitrogens with zero attached hydrogens (tertiary/aromatic N) is 2. The Hall–Kier alpha value is -2.75. The highest BCUT2D eigenvalue weighted by Gasteiger charge is 2.52. The summed E-state index contributed by atoms with van der Waals surface area (Å²) in [5.41, 5.74) is 2.62. The molecule has 2 fully saturated rings. The molecule has 0 aliphatic carbocycles. The first kappa shape index (κ1) is 31.5. The molecule has 8 nitrogen and oxygen atoms in total. The van der Waals surface area contributed by atoms with Gasteiger partial charge in [-0.25, -0.2) is 9.59 Å². The summed E-state index contributed by atoms with van der Waals surface area (Å²) in [5.74, 6) is -5.00. The molecule has 0 aromatic carbocycles. The largest absolute Gasteiger partial charge is 0.490 e. The summed E-state index contributed by atoms with van der Waals surface area (Å²) >= 11 is 1.86. The zero-order valence-electron chi connectivity index (χ0n) is 20.1. The van der Waals surface area contributed by atoms with Crippen LogP contribution in [0, 0.1) is 12.8 Å². The van der Waals surface area contributed by atoms with E-state index in [1.165, 1.54) is 16.0 Å². The van der Waals surface area contributed by atoms with Crippen LogP contribution in [0.25, 0.3) is 0 Å². The maximum absolute atomic E-state index is 10.6. The predicted octanol–water partition coefficient (Wildman–Crippen LogP) is 4.53. The lowest BCUT2D eigenvalue weighted by Crippen LogP contribution is -2.64. The van der Waals surface area contributed by atoms with Crippen LogP contribution in [0.5, 0.6) is 0 Å². The van der Waals surface area contributed by atoms with Crippen LogP contribution in [0.1, 0.15) is 22.4 Å². The summed E-state index contributed by atoms with van der Waals surface area (Å²) < 4.78 is 75.6. The van der Waals surface area contributed by atoms with E-state index in [1.807, 2.05) is 35.9 Å². The van der Waals surface area contributed by atoms with Crippen LogP contribution >= 0.6 is 11.3 Å². The lowest BCUT2D eigenvalue weighted by Gasteiger charge is -2.50. The van der Waals surface area contributed by atoms with Crippen molar-refractivity contribution in [3.63, 3.8) is 0 Å². The molecule has 15 heteroatoms. The molecule has 2 saturated heterocycles. The summed E-state index contributed by atoms with van der Waals surface area (Å²) in [7, 11) is 0. The molecule has 0 bridgehead atoms. The number of rotatable bonds is 6. The monoisotopic (exact) mass is 572 g/mol. The second-order valence-electron chi connectivity index (χ2n) is 8.55. The quantitative estimate of drug-likeness (QED) is 0.487. The number of pyridine rings is 1. The minimum Gasteiger partial charge on any atom is -0.475 e. The Morgan fingerprint density at radius 1 is 1.11 bits per heavy atom. The number of alkyl halides is 6. The summed E-state index contributed by atoms with van der Waals surface area (Å²) in [6.45, 7) is 7.64. The number of ether oxygens (including phenoxy) is 2. The molecule has 4 heterocycles. The lowest BCUT2D eigenvalue weighted by molar-refractivity contribution is -0.193. The lowest BCUT2D eigenvalue weighted by atomic mass is 9.81. The first-order chi connectivity index (χ1) is 17.6. The van der Waals surface area contributed by atoms with Crippen LogP contribution in [0.2, 0.25) is 0 Å². The van der Waals surface area contributed by atoms with E-state index in [4.69, 9.17) is 29.3 Å². The number of halogens is 6. The van der Waals surface area contributed by atoms with Gasteiger partial charge in [0.15, 0.2) is 0 Å². The molecule has 1 spiro atoms. The van der Waals surface area contributed by atoms with Gasteiger partial charge in [-0.05, 0) is 48.1 Å². The summed E-state index contributed by atoms with van der Waals surface area (Å²) in [6.07, 6.45) is -5.42. The Morgan fingerprint density at radius 2 is 1.66 bits per heavy atom. The highest BCUT2D eigenvalue weighted by atomic mass is 32.1. The maximum atomic E-state index is 10.6. The number of aromatic nitrogens is 1. The van der Waals surface area contributed by atoms with Crippen molar-refractivity contribution in [2.45, 2.75) is 44.4 Å². The van der Waals surface area contributed by atoms with Gasteiger partial charge in [0.05, 0.1) is 18.8 Å². The van der Waals surface area contributed by atoms with Gasteiger partial charge in [0.1, 0.15) is 0 Å². The van der Waals surface area contributed by atoms with Crippen LogP contribution in [0.3, 0.4) is 0 Å². The average molecular weight is 573 g/mol. The van der Waals surface area contributed by atoms with Gasteiger partial charge in [-0.1, -0.05) is 0 Å². The van der Waals surface area contributed by atoms with Gasteiger partial charge in [0, 0.05) is 49.4 Å². The highest BCUT2D eigenvalue weighted by Crippen LogP contribution is 2.41. The van der Waals surface area contributed by atoms with Crippen LogP contribution in [0.15, 0.2) is 36.0 Å². The second-order valence-corrected chi connectivity index (χ2v) is 9.55. The minimum absolute atomic E-state index is 0.0312. The fourth-order valence-corrected chi connectivity index (χ4v) is 4.71. The Balaban J connectivity index is 0.000000301. The minimum atomic E-state index is -5.08. The molecule has 2 aromatic rings. The van der Waals surface area contributed by atoms with E-state index >= 15 is 0 Å². The third-order valence-electron chi connectivity index (χ3n) is 5.74. The number of hydrogen-bond acceptors (Lipinski definition) is 7. The van der Waals surface area contributed by atoms with Crippen molar-refractivity contribution in [2.24, 2.45) is 5.92 Å². The fraction of sp³-hybridized carbons (Fsp3) is 0.522. The van der Waals surface area contributed by atoms with Crippen molar-refractivity contribution in [3.8, 4) is 0 Å². The summed E-state index contributed by atoms with van der Waals surface area (Å²) in [6, 6.07) is 6.22. The Morgan fingerprint density at radius 3 is 2.13 bits per heavy atom. The van der Waals surface area contributed by atoms with Gasteiger partial charge in [-0.2, -0.15) is 26.3 Å². The number of carboxylic acid groups (broad SMARTS) is 2. The number of likely N-dealkylation sites (tertiary alicyclic amines) is 1. The molecule has 4 rings (SSSR count). The summed E-state index contributed by atoms with van der Waals surface area (Å²) in [5, 5.41) is 16.4. The van der Waals surface area contributed by atoms with Crippen molar-refractivity contribution in [1.82, 2.24) is 9.88 Å². The third-order valence-corrected chi connectivity index (χ3v) is 6.75. The van der Waals surface area contributed by atoms with E-state index in [0.717, 1.165) is 39.3 Å². The molecular weight excluding hydrogens is 546 g/mol. The van der Waals surface area contributed by atoms with Crippen LogP contribution in [0.4, 0.5) is 26.3 Å². The molecule has 2 aliphatic heterocycles. The second kappa shape index (κ2) is 13.4. The number of aryl methyl sites for hydroxylation is 1. The smallest absolute Gasteiger partial charge is 0.475 e. The summed E-state index contributed by atoms with van der Waals surface area (Å²) in [4.78, 5) is 25.8. The number of aliphatic carboxylic acids is 2. The van der Waals surface area contributed by atoms with E-state index in [-0.39, 0.29) is 5.60 Å². The molecule has 0 saturated carbocycles. The van der Waals surface area contributed by atoms with Gasteiger partial charge in [0.2, 0.25) is 0 Å². The predicted molar refractivity (Wildman–Crippen MR) is 122 cm³/mol. The van der Waals surface area contributed by atoms with E-state index in [1.54, 1.807) is 0 Å². The van der Waals surface area contributed by atoms with Crippen molar-refractivity contribution in [2.75, 3.05) is 26.3 Å². The molecule has 2 aliphatic rings. The van der Waals surface area contributed by atoms with Crippen LogP contribution < -0.4 is 0 Å². The molecule has 38 heavy (non-hydrogen) atoms. The molecular formula is C23H26F6N2O6S. The van der Waals surface area contributed by atoms with Crippen molar-refractivity contribution in [1.29, 1.82) is 0 Å². The van der Waals surface area contributed by atoms with Gasteiger partial charge in [-0.15, -0.1) is 11.3 Å². The molecule has 0 amide bonds. The van der Waals surface area contributed by atoms with E-state index < -0.39 is 24.3 Å². The molecule has 1 atom stereocenters. The SMILES string of the molecule is Cc1ccsc1CN1CC2(C1)OCCC2COCc1ccncc1.O=C(O)C(F)(F)F.O=C(O)C(F)(F)F. The topological polar surface area (TPSA) is 109 Å². The molecule has 212 valence electrons. The standard InChI is InChI=1S/C19H24N2O2S.2C2HF3O2/c1-15-5-9-24-18(15)10-21-13-19(14-21)17(4-8-23-19)12-22-11-16-2-6-20-7-3-16;2*3-2(4,5)1(6)7/h2-3,5-7,9,17H,4,8,10-14H2,1H3;2*(H,6,7). The number of carbonyl (C=O) groups is 2. The van der Waals surface area contributed by atoms with E-state index in [9.17, 15) is 26.3 Å². The normalized spacial score (nSPS) is 18.6. The Kier molecular flexibility index (Phi) is 11.1. The van der Waals surface area contributed by atoms with Gasteiger partial charge in [0.25, 0.3) is 0 Å². The zero-order valence-corrected chi connectivity index (χ0v) is 20.9. The van der Waals surface area contributed by atoms with Crippen molar-refractivity contribution < 1.29 is 55.6 Å². The van der Waals surface area contributed by atoms with E-state index in [0.29, 0.717) is 12.5 Å². The zero-order chi connectivity index (χ0) is 28.6. The average Bonchev–Trinajstić information content (AvgIpc) is 3.40. The van der Waals surface area contributed by atoms with Crippen molar-refractivity contribution >= 4 is 23.3 Å². The van der Waals surface area contributed by atoms with Crippen LogP contribution in [-0.4, -0.2) is 76.3 Å². The Bertz CT molecular complexity index is 1020. The number of hydrogen-bond donors (Lipinski definition) is 2. The molecule has 2 aromatic heterocycles. The Labute approximate surface area is 217 Å². The molecule has 0 radical (unpaired) electrons. The van der Waals surface area contributed by atoms with E-state index in [2.05, 4.69) is 28.3 Å².